The van der Waals surface area contributed by atoms with Gasteiger partial charge in [-0.2, -0.15) is 0 Å². The molecule has 1 spiro atoms. The van der Waals surface area contributed by atoms with Crippen molar-refractivity contribution in [3.05, 3.63) is 59.4 Å². The molecule has 3 aliphatic rings. The number of ether oxygens (including phenoxy) is 2. The van der Waals surface area contributed by atoms with Gasteiger partial charge in [-0.25, -0.2) is 0 Å². The Morgan fingerprint density at radius 2 is 2.00 bits per heavy atom. The maximum atomic E-state index is 13.1. The zero-order valence-corrected chi connectivity index (χ0v) is 14.9. The summed E-state index contributed by atoms with van der Waals surface area (Å²) in [7, 11) is 0. The van der Waals surface area contributed by atoms with Gasteiger partial charge in [-0.15, -0.1) is 0 Å². The number of rotatable bonds is 3. The molecule has 1 aromatic carbocycles. The lowest BCUT2D eigenvalue weighted by Crippen LogP contribution is -2.55. The van der Waals surface area contributed by atoms with Crippen molar-refractivity contribution in [1.29, 1.82) is 0 Å². The summed E-state index contributed by atoms with van der Waals surface area (Å²) in [6.45, 7) is 0. The first-order valence-electron chi connectivity index (χ1n) is 8.97. The highest BCUT2D eigenvalue weighted by atomic mass is 35.5. The Hall–Kier alpha value is -2.11. The maximum Gasteiger partial charge on any atom is 0.257 e. The van der Waals surface area contributed by atoms with Gasteiger partial charge in [-0.1, -0.05) is 41.9 Å². The predicted molar refractivity (Wildman–Crippen MR) is 95.8 cm³/mol. The molecule has 3 fully saturated rings. The largest absolute Gasteiger partial charge is 0.489 e. The zero-order valence-electron chi connectivity index (χ0n) is 14.2. The Balaban J connectivity index is 1.29. The lowest BCUT2D eigenvalue weighted by Gasteiger charge is -2.42. The minimum atomic E-state index is -0.714. The molecule has 1 saturated carbocycles. The van der Waals surface area contributed by atoms with Crippen LogP contribution in [0.15, 0.2) is 48.8 Å². The van der Waals surface area contributed by atoms with Gasteiger partial charge in [0.2, 0.25) is 0 Å². The highest BCUT2D eigenvalue weighted by Gasteiger charge is 2.63. The smallest absolute Gasteiger partial charge is 0.257 e. The molecule has 1 aliphatic carbocycles. The fraction of sp³-hybridized carbons (Fsp3) is 0.400. The first kappa shape index (κ1) is 16.1. The van der Waals surface area contributed by atoms with E-state index in [1.807, 2.05) is 23.1 Å². The third-order valence-corrected chi connectivity index (χ3v) is 5.81. The first-order chi connectivity index (χ1) is 12.6. The second-order valence-corrected chi connectivity index (χ2v) is 7.71. The number of hydrogen-bond donors (Lipinski definition) is 0. The van der Waals surface area contributed by atoms with Crippen LogP contribution in [0.2, 0.25) is 5.02 Å². The Morgan fingerprint density at radius 3 is 2.77 bits per heavy atom. The van der Waals surface area contributed by atoms with Crippen LogP contribution in [0.5, 0.6) is 5.75 Å². The Labute approximate surface area is 156 Å². The van der Waals surface area contributed by atoms with Gasteiger partial charge in [0.15, 0.2) is 5.60 Å². The first-order valence-corrected chi connectivity index (χ1v) is 9.35. The highest BCUT2D eigenvalue weighted by molar-refractivity contribution is 6.30. The van der Waals surface area contributed by atoms with Crippen LogP contribution in [0.4, 0.5) is 0 Å². The van der Waals surface area contributed by atoms with E-state index in [0.717, 1.165) is 12.8 Å². The van der Waals surface area contributed by atoms with Crippen molar-refractivity contribution in [2.24, 2.45) is 0 Å². The predicted octanol–water partition coefficient (Wildman–Crippen LogP) is 3.74. The molecule has 6 heteroatoms. The van der Waals surface area contributed by atoms with E-state index in [0.29, 0.717) is 23.6 Å². The van der Waals surface area contributed by atoms with Gasteiger partial charge in [0.1, 0.15) is 18.1 Å². The van der Waals surface area contributed by atoms with E-state index < -0.39 is 5.60 Å². The van der Waals surface area contributed by atoms with E-state index >= 15 is 0 Å². The lowest BCUT2D eigenvalue weighted by molar-refractivity contribution is -0.162. The fourth-order valence-corrected chi connectivity index (χ4v) is 4.56. The number of halogens is 1. The van der Waals surface area contributed by atoms with Crippen molar-refractivity contribution in [2.45, 2.75) is 49.7 Å². The van der Waals surface area contributed by atoms with Gasteiger partial charge in [-0.05, 0) is 18.4 Å². The summed E-state index contributed by atoms with van der Waals surface area (Å²) in [5, 5.41) is 0.538. The molecule has 0 bridgehead atoms. The Morgan fingerprint density at radius 1 is 1.19 bits per heavy atom. The third-order valence-electron chi connectivity index (χ3n) is 5.60. The molecule has 1 aromatic heterocycles. The molecule has 2 aromatic rings. The summed E-state index contributed by atoms with van der Waals surface area (Å²) < 4.78 is 12.1. The van der Waals surface area contributed by atoms with E-state index in [-0.39, 0.29) is 24.3 Å². The Kier molecular flexibility index (Phi) is 3.69. The normalized spacial score (nSPS) is 32.6. The average Bonchev–Trinajstić information content (AvgIpc) is 3.14. The van der Waals surface area contributed by atoms with Crippen molar-refractivity contribution in [1.82, 2.24) is 9.88 Å². The minimum Gasteiger partial charge on any atom is -0.489 e. The van der Waals surface area contributed by atoms with Gasteiger partial charge in [0, 0.05) is 25.1 Å². The van der Waals surface area contributed by atoms with E-state index in [1.54, 1.807) is 18.5 Å². The summed E-state index contributed by atoms with van der Waals surface area (Å²) in [5.74, 6) is 0.739. The average molecular weight is 371 g/mol. The molecular formula is C20H19ClN2O3. The fourth-order valence-electron chi connectivity index (χ4n) is 4.40. The molecule has 2 saturated heterocycles. The van der Waals surface area contributed by atoms with Crippen LogP contribution in [-0.4, -0.2) is 33.7 Å². The van der Waals surface area contributed by atoms with Crippen LogP contribution in [0.1, 0.15) is 37.3 Å². The SMILES string of the molecule is O=C1N2[C@@H](CC[C@H]2c2ccccc2)OC12CC(Oc1cncc(Cl)c1)C2. The lowest BCUT2D eigenvalue weighted by atomic mass is 9.76. The molecule has 5 rings (SSSR count). The van der Waals surface area contributed by atoms with Crippen molar-refractivity contribution in [3.63, 3.8) is 0 Å². The van der Waals surface area contributed by atoms with E-state index in [4.69, 9.17) is 21.1 Å². The highest BCUT2D eigenvalue weighted by Crippen LogP contribution is 2.51. The number of carbonyl (C=O) groups is 1. The zero-order chi connectivity index (χ0) is 17.7. The molecular weight excluding hydrogens is 352 g/mol. The van der Waals surface area contributed by atoms with Crippen LogP contribution in [0.3, 0.4) is 0 Å². The van der Waals surface area contributed by atoms with Gasteiger partial charge in [0.25, 0.3) is 5.91 Å². The third kappa shape index (κ3) is 2.49. The number of aromatic nitrogens is 1. The summed E-state index contributed by atoms with van der Waals surface area (Å²) in [6.07, 6.45) is 6.04. The van der Waals surface area contributed by atoms with Crippen LogP contribution in [0.25, 0.3) is 0 Å². The molecule has 2 aliphatic heterocycles. The van der Waals surface area contributed by atoms with E-state index in [2.05, 4.69) is 17.1 Å². The summed E-state index contributed by atoms with van der Waals surface area (Å²) in [5.41, 5.74) is 0.468. The monoisotopic (exact) mass is 370 g/mol. The van der Waals surface area contributed by atoms with Crippen molar-refractivity contribution in [3.8, 4) is 5.75 Å². The van der Waals surface area contributed by atoms with Crippen molar-refractivity contribution < 1.29 is 14.3 Å². The summed E-state index contributed by atoms with van der Waals surface area (Å²) in [6, 6.07) is 12.1. The van der Waals surface area contributed by atoms with Gasteiger partial charge < -0.3 is 14.4 Å². The second-order valence-electron chi connectivity index (χ2n) is 7.27. The van der Waals surface area contributed by atoms with Crippen LogP contribution in [-0.2, 0) is 9.53 Å². The Bertz CT molecular complexity index is 838. The number of benzene rings is 1. The summed E-state index contributed by atoms with van der Waals surface area (Å²) >= 11 is 5.94. The van der Waals surface area contributed by atoms with Gasteiger partial charge in [0.05, 0.1) is 17.3 Å². The molecule has 0 radical (unpaired) electrons. The maximum absolute atomic E-state index is 13.1. The van der Waals surface area contributed by atoms with E-state index in [9.17, 15) is 4.79 Å². The van der Waals surface area contributed by atoms with Crippen LogP contribution >= 0.6 is 11.6 Å². The minimum absolute atomic E-state index is 0.0468. The molecule has 5 nitrogen and oxygen atoms in total. The molecule has 134 valence electrons. The quantitative estimate of drug-likeness (QED) is 0.826. The summed E-state index contributed by atoms with van der Waals surface area (Å²) in [4.78, 5) is 19.1. The standard InChI is InChI=1S/C20H19ClN2O3/c21-14-8-15(12-22-11-14)25-16-9-20(10-16)19(24)23-17(6-7-18(23)26-20)13-4-2-1-3-5-13/h1-5,8,11-12,16-18H,6-7,9-10H2/t16?,17-,18+,20?/m0/s1. The van der Waals surface area contributed by atoms with Crippen molar-refractivity contribution in [2.75, 3.05) is 0 Å². The molecule has 1 amide bonds. The van der Waals surface area contributed by atoms with Crippen LogP contribution in [0, 0.1) is 0 Å². The number of carbonyl (C=O) groups excluding carboxylic acids is 1. The van der Waals surface area contributed by atoms with E-state index in [1.165, 1.54) is 5.56 Å². The van der Waals surface area contributed by atoms with Crippen LogP contribution < -0.4 is 4.74 Å². The molecule has 0 N–H and O–H groups in total. The molecule has 3 heterocycles. The number of hydrogen-bond acceptors (Lipinski definition) is 4. The molecule has 26 heavy (non-hydrogen) atoms. The number of amides is 1. The molecule has 2 atom stereocenters. The second kappa shape index (κ2) is 5.96. The number of fused-ring (bicyclic) bond motifs is 1. The van der Waals surface area contributed by atoms with Crippen molar-refractivity contribution >= 4 is 17.5 Å². The topological polar surface area (TPSA) is 51.7 Å². The number of pyridine rings is 1. The van der Waals surface area contributed by atoms with Gasteiger partial charge >= 0.3 is 0 Å². The molecule has 0 unspecified atom stereocenters. The van der Waals surface area contributed by atoms with Gasteiger partial charge in [-0.3, -0.25) is 9.78 Å². The number of nitrogens with zero attached hydrogens (tertiary/aromatic N) is 2.